The topological polar surface area (TPSA) is 40.5 Å². The van der Waals surface area contributed by atoms with Crippen molar-refractivity contribution in [3.8, 4) is 0 Å². The van der Waals surface area contributed by atoms with Crippen LogP contribution < -0.4 is 0 Å². The van der Waals surface area contributed by atoms with Crippen molar-refractivity contribution in [2.75, 3.05) is 0 Å². The lowest BCUT2D eigenvalue weighted by atomic mass is 10.0. The molecule has 0 aliphatic heterocycles. The van der Waals surface area contributed by atoms with Crippen molar-refractivity contribution in [3.63, 3.8) is 0 Å². The molecule has 0 fully saturated rings. The van der Waals surface area contributed by atoms with Crippen molar-refractivity contribution in [1.82, 2.24) is 0 Å². The molecule has 0 rings (SSSR count). The van der Waals surface area contributed by atoms with Gasteiger partial charge in [-0.15, -0.1) is 0 Å². The summed E-state index contributed by atoms with van der Waals surface area (Å²) in [6.07, 6.45) is 13.3. The van der Waals surface area contributed by atoms with Crippen LogP contribution in [0.25, 0.3) is 0 Å². The van der Waals surface area contributed by atoms with Crippen molar-refractivity contribution in [2.24, 2.45) is 0 Å². The summed E-state index contributed by atoms with van der Waals surface area (Å²) in [5.74, 6) is 0.181. The first-order chi connectivity index (χ1) is 9.07. The highest BCUT2D eigenvalue weighted by Crippen LogP contribution is 2.14. The predicted molar refractivity (Wildman–Crippen MR) is 83.0 cm³/mol. The first-order valence-electron chi connectivity index (χ1n) is 5.76. The van der Waals surface area contributed by atoms with Crippen LogP contribution in [0.2, 0.25) is 0 Å². The van der Waals surface area contributed by atoms with Crippen molar-refractivity contribution in [3.05, 3.63) is 97.6 Å². The zero-order valence-electron chi connectivity index (χ0n) is 11.0. The van der Waals surface area contributed by atoms with Crippen molar-refractivity contribution >= 4 is 0 Å². The van der Waals surface area contributed by atoms with Gasteiger partial charge < -0.3 is 10.2 Å². The largest absolute Gasteiger partial charge is 0.508 e. The number of hydrogen-bond donors (Lipinski definition) is 2. The molecule has 2 heteroatoms. The van der Waals surface area contributed by atoms with Crippen LogP contribution in [0.15, 0.2) is 97.6 Å². The van der Waals surface area contributed by atoms with Gasteiger partial charge in [-0.2, -0.15) is 0 Å². The minimum absolute atomic E-state index is 0.0904. The van der Waals surface area contributed by atoms with Gasteiger partial charge >= 0.3 is 0 Å². The Morgan fingerprint density at radius 2 is 1.00 bits per heavy atom. The van der Waals surface area contributed by atoms with Gasteiger partial charge in [-0.1, -0.05) is 50.6 Å². The summed E-state index contributed by atoms with van der Waals surface area (Å²) < 4.78 is 0. The van der Waals surface area contributed by atoms with Crippen molar-refractivity contribution < 1.29 is 10.2 Å². The normalized spacial score (nSPS) is 13.9. The standard InChI is InChI=1S/C17H20O2/c1-5-14(9-11-16(18)7-3)13-15(6-2)10-12-17(19)8-4/h5-12,18-19H,1-4,13H2/b14-9+,15-10+,16-11+,17-12+. The smallest absolute Gasteiger partial charge is 0.114 e. The average molecular weight is 256 g/mol. The summed E-state index contributed by atoms with van der Waals surface area (Å²) in [7, 11) is 0. The molecule has 2 nitrogen and oxygen atoms in total. The molecule has 19 heavy (non-hydrogen) atoms. The molecule has 100 valence electrons. The van der Waals surface area contributed by atoms with E-state index in [1.54, 1.807) is 36.5 Å². The third-order valence-corrected chi connectivity index (χ3v) is 2.29. The molecule has 0 bridgehead atoms. The van der Waals surface area contributed by atoms with E-state index in [1.807, 2.05) is 0 Å². The second kappa shape index (κ2) is 9.54. The van der Waals surface area contributed by atoms with Gasteiger partial charge in [-0.3, -0.25) is 0 Å². The number of aliphatic hydroxyl groups is 2. The van der Waals surface area contributed by atoms with E-state index in [1.165, 1.54) is 12.2 Å². The summed E-state index contributed by atoms with van der Waals surface area (Å²) in [6, 6.07) is 0. The van der Waals surface area contributed by atoms with Crippen molar-refractivity contribution in [2.45, 2.75) is 6.42 Å². The van der Waals surface area contributed by atoms with E-state index >= 15 is 0 Å². The van der Waals surface area contributed by atoms with Crippen LogP contribution >= 0.6 is 0 Å². The van der Waals surface area contributed by atoms with Crippen LogP contribution in [0.4, 0.5) is 0 Å². The quantitative estimate of drug-likeness (QED) is 0.481. The second-order valence-electron chi connectivity index (χ2n) is 3.66. The lowest BCUT2D eigenvalue weighted by molar-refractivity contribution is 0.432. The molecule has 0 aliphatic carbocycles. The summed E-state index contributed by atoms with van der Waals surface area (Å²) in [4.78, 5) is 0. The fourth-order valence-electron chi connectivity index (χ4n) is 1.15. The highest BCUT2D eigenvalue weighted by molar-refractivity contribution is 5.35. The Bertz CT molecular complexity index is 427. The SMILES string of the molecule is C=C/C(=C\C=C(\O)C=C)C/C(C=C)=C/C=C(/O)C=C. The van der Waals surface area contributed by atoms with E-state index in [2.05, 4.69) is 26.3 Å². The second-order valence-corrected chi connectivity index (χ2v) is 3.66. The van der Waals surface area contributed by atoms with E-state index in [9.17, 15) is 10.2 Å². The maximum Gasteiger partial charge on any atom is 0.114 e. The van der Waals surface area contributed by atoms with Crippen molar-refractivity contribution in [1.29, 1.82) is 0 Å². The van der Waals surface area contributed by atoms with Gasteiger partial charge in [0.15, 0.2) is 0 Å². The number of allylic oxidation sites excluding steroid dienone is 10. The maximum absolute atomic E-state index is 9.28. The van der Waals surface area contributed by atoms with Crippen LogP contribution in [-0.4, -0.2) is 10.2 Å². The summed E-state index contributed by atoms with van der Waals surface area (Å²) in [5, 5.41) is 18.6. The lowest BCUT2D eigenvalue weighted by Crippen LogP contribution is -1.83. The number of aliphatic hydroxyl groups excluding tert-OH is 2. The fraction of sp³-hybridized carbons (Fsp3) is 0.0588. The third-order valence-electron chi connectivity index (χ3n) is 2.29. The van der Waals surface area contributed by atoms with Gasteiger partial charge in [0.1, 0.15) is 11.5 Å². The Morgan fingerprint density at radius 1 is 0.632 bits per heavy atom. The fourth-order valence-corrected chi connectivity index (χ4v) is 1.15. The Balaban J connectivity index is 5.03. The molecule has 0 unspecified atom stereocenters. The summed E-state index contributed by atoms with van der Waals surface area (Å²) >= 11 is 0. The molecule has 0 aromatic rings. The Labute approximate surface area is 115 Å². The maximum atomic E-state index is 9.28. The Morgan fingerprint density at radius 3 is 1.26 bits per heavy atom. The van der Waals surface area contributed by atoms with Gasteiger partial charge in [0.05, 0.1) is 0 Å². The third kappa shape index (κ3) is 7.45. The molecule has 0 radical (unpaired) electrons. The molecule has 0 aromatic carbocycles. The first kappa shape index (κ1) is 16.5. The molecule has 0 aromatic heterocycles. The van der Waals surface area contributed by atoms with E-state index in [0.717, 1.165) is 11.1 Å². The molecular formula is C17H20O2. The monoisotopic (exact) mass is 256 g/mol. The summed E-state index contributed by atoms with van der Waals surface area (Å²) in [6.45, 7) is 14.3. The molecule has 0 saturated carbocycles. The van der Waals surface area contributed by atoms with Crippen LogP contribution in [0, 0.1) is 0 Å². The van der Waals surface area contributed by atoms with Crippen LogP contribution in [0.3, 0.4) is 0 Å². The minimum Gasteiger partial charge on any atom is -0.508 e. The highest BCUT2D eigenvalue weighted by atomic mass is 16.3. The van der Waals surface area contributed by atoms with E-state index in [-0.39, 0.29) is 11.5 Å². The molecule has 0 saturated heterocycles. The zero-order chi connectivity index (χ0) is 14.7. The van der Waals surface area contributed by atoms with E-state index in [4.69, 9.17) is 0 Å². The van der Waals surface area contributed by atoms with Gasteiger partial charge in [0.25, 0.3) is 0 Å². The molecule has 0 spiro atoms. The lowest BCUT2D eigenvalue weighted by Gasteiger charge is -2.02. The van der Waals surface area contributed by atoms with Crippen LogP contribution in [0.5, 0.6) is 0 Å². The molecular weight excluding hydrogens is 236 g/mol. The van der Waals surface area contributed by atoms with E-state index < -0.39 is 0 Å². The Kier molecular flexibility index (Phi) is 8.29. The molecule has 0 aliphatic rings. The molecule has 2 N–H and O–H groups in total. The zero-order valence-corrected chi connectivity index (χ0v) is 11.0. The first-order valence-corrected chi connectivity index (χ1v) is 5.76. The Hall–Kier alpha value is -2.48. The predicted octanol–water partition coefficient (Wildman–Crippen LogP) is 4.86. The van der Waals surface area contributed by atoms with Gasteiger partial charge in [-0.25, -0.2) is 0 Å². The van der Waals surface area contributed by atoms with Gasteiger partial charge in [0.2, 0.25) is 0 Å². The molecule has 0 heterocycles. The van der Waals surface area contributed by atoms with Crippen LogP contribution in [-0.2, 0) is 0 Å². The van der Waals surface area contributed by atoms with E-state index in [0.29, 0.717) is 6.42 Å². The van der Waals surface area contributed by atoms with Gasteiger partial charge in [0, 0.05) is 0 Å². The molecule has 0 atom stereocenters. The highest BCUT2D eigenvalue weighted by Gasteiger charge is 1.95. The summed E-state index contributed by atoms with van der Waals surface area (Å²) in [5.41, 5.74) is 1.82. The number of hydrogen-bond acceptors (Lipinski definition) is 2. The average Bonchev–Trinajstić information content (AvgIpc) is 2.45. The molecule has 0 amide bonds. The van der Waals surface area contributed by atoms with Gasteiger partial charge in [-0.05, 0) is 41.9 Å². The number of rotatable bonds is 8. The minimum atomic E-state index is 0.0904. The van der Waals surface area contributed by atoms with Crippen LogP contribution in [0.1, 0.15) is 6.42 Å².